The topological polar surface area (TPSA) is 131 Å². The van der Waals surface area contributed by atoms with Crippen LogP contribution in [0, 0.1) is 10.1 Å². The quantitative estimate of drug-likeness (QED) is 0.408. The number of ether oxygens (including phenoxy) is 2. The Labute approximate surface area is 179 Å². The van der Waals surface area contributed by atoms with Crippen LogP contribution >= 0.6 is 0 Å². The van der Waals surface area contributed by atoms with E-state index in [2.05, 4.69) is 35.3 Å². The summed E-state index contributed by atoms with van der Waals surface area (Å²) < 4.78 is 10.9. The molecule has 0 bridgehead atoms. The molecule has 0 radical (unpaired) electrons. The van der Waals surface area contributed by atoms with Crippen LogP contribution in [0.2, 0.25) is 0 Å². The van der Waals surface area contributed by atoms with E-state index in [9.17, 15) is 10.1 Å². The number of hydrogen-bond acceptors (Lipinski definition) is 11. The molecule has 4 rings (SSSR count). The molecule has 1 aromatic carbocycles. The van der Waals surface area contributed by atoms with Gasteiger partial charge in [-0.1, -0.05) is 12.1 Å². The molecule has 2 aromatic rings. The van der Waals surface area contributed by atoms with E-state index in [4.69, 9.17) is 9.47 Å². The lowest BCUT2D eigenvalue weighted by atomic mass is 10.1. The van der Waals surface area contributed by atoms with Crippen molar-refractivity contribution in [1.29, 1.82) is 0 Å². The lowest BCUT2D eigenvalue weighted by molar-refractivity contribution is -0.384. The minimum Gasteiger partial charge on any atom is -0.378 e. The first-order valence-corrected chi connectivity index (χ1v) is 10.1. The molecule has 164 valence electrons. The van der Waals surface area contributed by atoms with Gasteiger partial charge in [0, 0.05) is 43.9 Å². The molecule has 0 unspecified atom stereocenters. The predicted molar refractivity (Wildman–Crippen MR) is 115 cm³/mol. The Bertz CT molecular complexity index is 921. The van der Waals surface area contributed by atoms with Crippen LogP contribution in [-0.2, 0) is 9.47 Å². The van der Waals surface area contributed by atoms with Crippen LogP contribution in [0.1, 0.15) is 12.5 Å². The molecule has 0 saturated carbocycles. The second-order valence-electron chi connectivity index (χ2n) is 7.07. The first-order valence-electron chi connectivity index (χ1n) is 10.1. The minimum absolute atomic E-state index is 0.0106. The molecule has 0 aliphatic carbocycles. The number of nitro benzene ring substituents is 1. The van der Waals surface area contributed by atoms with Crippen molar-refractivity contribution in [3.05, 3.63) is 39.9 Å². The fourth-order valence-corrected chi connectivity index (χ4v) is 3.26. The number of nitrogens with one attached hydrogen (secondary N) is 1. The lowest BCUT2D eigenvalue weighted by Gasteiger charge is -2.30. The molecule has 0 atom stereocenters. The number of hydrazone groups is 1. The lowest BCUT2D eigenvalue weighted by Crippen LogP contribution is -2.40. The van der Waals surface area contributed by atoms with Gasteiger partial charge in [-0.05, 0) is 6.92 Å². The van der Waals surface area contributed by atoms with Crippen LogP contribution in [0.3, 0.4) is 0 Å². The van der Waals surface area contributed by atoms with Crippen molar-refractivity contribution < 1.29 is 14.4 Å². The highest BCUT2D eigenvalue weighted by molar-refractivity contribution is 5.99. The van der Waals surface area contributed by atoms with E-state index in [-0.39, 0.29) is 5.69 Å². The van der Waals surface area contributed by atoms with Crippen molar-refractivity contribution in [2.24, 2.45) is 5.10 Å². The fraction of sp³-hybridized carbons (Fsp3) is 0.474. The van der Waals surface area contributed by atoms with Crippen molar-refractivity contribution in [2.75, 3.05) is 67.8 Å². The van der Waals surface area contributed by atoms with Gasteiger partial charge in [-0.15, -0.1) is 0 Å². The molecule has 1 aromatic heterocycles. The van der Waals surface area contributed by atoms with Crippen LogP contribution in [0.15, 0.2) is 29.4 Å². The van der Waals surface area contributed by atoms with Crippen molar-refractivity contribution >= 4 is 29.2 Å². The smallest absolute Gasteiger partial charge is 0.270 e. The first-order chi connectivity index (χ1) is 15.1. The molecule has 12 nitrogen and oxygen atoms in total. The number of morpholine rings is 2. The number of rotatable bonds is 6. The van der Waals surface area contributed by atoms with Crippen molar-refractivity contribution in [3.8, 4) is 0 Å². The molecule has 2 saturated heterocycles. The molecule has 2 fully saturated rings. The van der Waals surface area contributed by atoms with E-state index in [1.807, 2.05) is 0 Å². The normalized spacial score (nSPS) is 17.5. The molecule has 0 spiro atoms. The zero-order valence-corrected chi connectivity index (χ0v) is 17.2. The molecule has 2 aliphatic rings. The van der Waals surface area contributed by atoms with Crippen LogP contribution in [0.25, 0.3) is 0 Å². The Kier molecular flexibility index (Phi) is 6.48. The third-order valence-electron chi connectivity index (χ3n) is 5.00. The maximum atomic E-state index is 11.0. The average molecular weight is 428 g/mol. The molecule has 1 N–H and O–H groups in total. The Morgan fingerprint density at radius 2 is 1.61 bits per heavy atom. The van der Waals surface area contributed by atoms with E-state index in [0.29, 0.717) is 81.7 Å². The van der Waals surface area contributed by atoms with E-state index in [1.165, 1.54) is 12.1 Å². The van der Waals surface area contributed by atoms with Crippen molar-refractivity contribution in [2.45, 2.75) is 6.92 Å². The highest BCUT2D eigenvalue weighted by Gasteiger charge is 2.20. The number of nitro groups is 1. The second kappa shape index (κ2) is 9.62. The maximum absolute atomic E-state index is 11.0. The van der Waals surface area contributed by atoms with Gasteiger partial charge in [-0.25, -0.2) is 5.43 Å². The van der Waals surface area contributed by atoms with E-state index < -0.39 is 4.92 Å². The van der Waals surface area contributed by atoms with Crippen LogP contribution in [0.4, 0.5) is 23.5 Å². The van der Waals surface area contributed by atoms with E-state index in [0.717, 1.165) is 0 Å². The van der Waals surface area contributed by atoms with Gasteiger partial charge in [0.05, 0.1) is 37.1 Å². The largest absolute Gasteiger partial charge is 0.378 e. The maximum Gasteiger partial charge on any atom is 0.270 e. The fourth-order valence-electron chi connectivity index (χ4n) is 3.26. The Hall–Kier alpha value is -3.38. The molecular formula is C19H24N8O4. The van der Waals surface area contributed by atoms with Crippen LogP contribution in [-0.4, -0.2) is 78.2 Å². The third kappa shape index (κ3) is 5.22. The second-order valence-corrected chi connectivity index (χ2v) is 7.07. The summed E-state index contributed by atoms with van der Waals surface area (Å²) in [4.78, 5) is 28.4. The van der Waals surface area contributed by atoms with Gasteiger partial charge < -0.3 is 19.3 Å². The number of nitrogens with zero attached hydrogens (tertiary/aromatic N) is 7. The molecule has 0 amide bonds. The summed E-state index contributed by atoms with van der Waals surface area (Å²) in [5, 5.41) is 15.4. The Morgan fingerprint density at radius 3 is 2.16 bits per heavy atom. The minimum atomic E-state index is -0.431. The van der Waals surface area contributed by atoms with Crippen molar-refractivity contribution in [1.82, 2.24) is 15.0 Å². The average Bonchev–Trinajstić information content (AvgIpc) is 2.83. The molecule has 2 aliphatic heterocycles. The molecular weight excluding hydrogens is 404 g/mol. The highest BCUT2D eigenvalue weighted by atomic mass is 16.6. The molecule has 3 heterocycles. The first kappa shape index (κ1) is 20.9. The number of aromatic nitrogens is 3. The number of hydrogen-bond donors (Lipinski definition) is 1. The van der Waals surface area contributed by atoms with Gasteiger partial charge in [0.15, 0.2) is 0 Å². The van der Waals surface area contributed by atoms with Gasteiger partial charge in [-0.2, -0.15) is 20.1 Å². The van der Waals surface area contributed by atoms with Gasteiger partial charge in [-0.3, -0.25) is 10.1 Å². The number of benzene rings is 1. The Morgan fingerprint density at radius 1 is 1.03 bits per heavy atom. The van der Waals surface area contributed by atoms with E-state index in [1.54, 1.807) is 19.1 Å². The monoisotopic (exact) mass is 428 g/mol. The van der Waals surface area contributed by atoms with Gasteiger partial charge in [0.2, 0.25) is 17.8 Å². The third-order valence-corrected chi connectivity index (χ3v) is 5.00. The standard InChI is InChI=1S/C19H24N8O4/c1-14(15-3-2-4-16(13-15)27(28)29)23-24-17-20-18(25-5-9-30-10-6-25)22-19(21-17)26-7-11-31-12-8-26/h2-4,13H,5-12H2,1H3,(H,20,21,22,24)/b23-14+. The van der Waals surface area contributed by atoms with Gasteiger partial charge in [0.1, 0.15) is 0 Å². The van der Waals surface area contributed by atoms with Gasteiger partial charge >= 0.3 is 0 Å². The summed E-state index contributed by atoms with van der Waals surface area (Å²) in [6.45, 7) is 7.01. The number of anilines is 3. The highest BCUT2D eigenvalue weighted by Crippen LogP contribution is 2.19. The summed E-state index contributed by atoms with van der Waals surface area (Å²) in [7, 11) is 0. The SMILES string of the molecule is C/C(=N\Nc1nc(N2CCOCC2)nc(N2CCOCC2)n1)c1cccc([N+](=O)[O-])c1. The summed E-state index contributed by atoms with van der Waals surface area (Å²) in [5.74, 6) is 1.43. The summed E-state index contributed by atoms with van der Waals surface area (Å²) in [6.07, 6.45) is 0. The predicted octanol–water partition coefficient (Wildman–Crippen LogP) is 1.29. The zero-order valence-electron chi connectivity index (χ0n) is 17.2. The van der Waals surface area contributed by atoms with E-state index >= 15 is 0 Å². The zero-order chi connectivity index (χ0) is 21.6. The molecule has 31 heavy (non-hydrogen) atoms. The summed E-state index contributed by atoms with van der Waals surface area (Å²) in [6, 6.07) is 6.31. The summed E-state index contributed by atoms with van der Waals surface area (Å²) >= 11 is 0. The van der Waals surface area contributed by atoms with Crippen molar-refractivity contribution in [3.63, 3.8) is 0 Å². The summed E-state index contributed by atoms with van der Waals surface area (Å²) in [5.41, 5.74) is 4.11. The Balaban J connectivity index is 1.59. The van der Waals surface area contributed by atoms with Crippen LogP contribution in [0.5, 0.6) is 0 Å². The number of non-ortho nitro benzene ring substituents is 1. The van der Waals surface area contributed by atoms with Crippen LogP contribution < -0.4 is 15.2 Å². The molecule has 12 heteroatoms. The van der Waals surface area contributed by atoms with Gasteiger partial charge in [0.25, 0.3) is 5.69 Å².